The minimum Gasteiger partial charge on any atom is -0.477 e. The van der Waals surface area contributed by atoms with E-state index in [1.54, 1.807) is 30.3 Å². The number of aryl methyl sites for hydroxylation is 1. The van der Waals surface area contributed by atoms with Gasteiger partial charge < -0.3 is 15.5 Å². The van der Waals surface area contributed by atoms with Gasteiger partial charge in [0.2, 0.25) is 5.16 Å². The fourth-order valence-corrected chi connectivity index (χ4v) is 6.07. The van der Waals surface area contributed by atoms with Gasteiger partial charge in [0.15, 0.2) is 6.10 Å². The summed E-state index contributed by atoms with van der Waals surface area (Å²) in [6.07, 6.45) is -1.46. The Kier molecular flexibility index (Phi) is 6.08. The number of aromatic nitrogens is 4. The average molecular weight is 479 g/mol. The number of carboxylic acids is 1. The van der Waals surface area contributed by atoms with Gasteiger partial charge in [-0.15, -0.1) is 11.8 Å². The van der Waals surface area contributed by atoms with E-state index in [0.717, 1.165) is 4.90 Å². The van der Waals surface area contributed by atoms with Crippen molar-refractivity contribution in [2.45, 2.75) is 22.7 Å². The third-order valence-electron chi connectivity index (χ3n) is 5.00. The van der Waals surface area contributed by atoms with Gasteiger partial charge >= 0.3 is 5.97 Å². The quantitative estimate of drug-likeness (QED) is 0.411. The molecule has 32 heavy (non-hydrogen) atoms. The van der Waals surface area contributed by atoms with Crippen LogP contribution >= 0.6 is 11.8 Å². The van der Waals surface area contributed by atoms with Crippen molar-refractivity contribution >= 4 is 40.3 Å². The Bertz CT molecular complexity index is 1140. The van der Waals surface area contributed by atoms with E-state index in [-0.39, 0.29) is 22.4 Å². The second-order valence-electron chi connectivity index (χ2n) is 7.04. The number of hydrogen-bond acceptors (Lipinski definition) is 9. The molecular weight excluding hydrogens is 460 g/mol. The summed E-state index contributed by atoms with van der Waals surface area (Å²) in [5.74, 6) is -2.65. The smallest absolute Gasteiger partial charge is 0.352 e. The van der Waals surface area contributed by atoms with Gasteiger partial charge in [-0.25, -0.2) is 9.48 Å². The first-order chi connectivity index (χ1) is 15.3. The molecule has 2 aliphatic rings. The number of amides is 2. The molecule has 1 fully saturated rings. The van der Waals surface area contributed by atoms with Crippen molar-refractivity contribution in [3.05, 3.63) is 47.2 Å². The molecule has 2 amide bonds. The van der Waals surface area contributed by atoms with Crippen LogP contribution in [0.5, 0.6) is 0 Å². The van der Waals surface area contributed by atoms with Crippen molar-refractivity contribution in [1.82, 2.24) is 30.4 Å². The van der Waals surface area contributed by atoms with E-state index in [9.17, 15) is 28.8 Å². The largest absolute Gasteiger partial charge is 0.477 e. The van der Waals surface area contributed by atoms with Gasteiger partial charge in [0.1, 0.15) is 17.1 Å². The molecule has 4 atom stereocenters. The van der Waals surface area contributed by atoms with E-state index < -0.39 is 46.1 Å². The number of nitrogens with one attached hydrogen (secondary N) is 1. The Labute approximate surface area is 188 Å². The molecule has 3 N–H and O–H groups in total. The van der Waals surface area contributed by atoms with Gasteiger partial charge in [-0.05, 0) is 21.6 Å². The number of aliphatic hydroxyl groups excluding tert-OH is 1. The molecule has 1 aromatic heterocycles. The van der Waals surface area contributed by atoms with Gasteiger partial charge in [-0.3, -0.25) is 18.7 Å². The summed E-state index contributed by atoms with van der Waals surface area (Å²) in [6, 6.07) is 7.27. The van der Waals surface area contributed by atoms with Crippen LogP contribution in [0.2, 0.25) is 0 Å². The molecule has 4 rings (SSSR count). The fraction of sp³-hybridized carbons (Fsp3) is 0.333. The summed E-state index contributed by atoms with van der Waals surface area (Å²) in [5.41, 5.74) is 0.429. The van der Waals surface area contributed by atoms with Crippen LogP contribution in [0.1, 0.15) is 11.7 Å². The number of thioether (sulfide) groups is 1. The van der Waals surface area contributed by atoms with E-state index in [1.807, 2.05) is 0 Å². The maximum Gasteiger partial charge on any atom is 0.352 e. The number of carboxylic acid groups (broad SMARTS) is 1. The van der Waals surface area contributed by atoms with E-state index in [0.29, 0.717) is 11.1 Å². The summed E-state index contributed by atoms with van der Waals surface area (Å²) < 4.78 is 13.8. The number of rotatable bonds is 7. The standard InChI is InChI=1S/C18H18N6O6S2/c1-23-18(20-21-22-23)32(30)8-10-7-31-16-11(15(27)24(16)12(10)17(28)29)19-14(26)13(25)9-5-3-2-4-6-9/h2-6,11,13,16,25H,7-8H2,1H3,(H,19,26)(H,28,29)/t11-,13-,16-,32?/m1/s1. The minimum atomic E-state index is -1.71. The summed E-state index contributed by atoms with van der Waals surface area (Å²) in [5, 5.41) is 32.6. The van der Waals surface area contributed by atoms with Gasteiger partial charge in [0, 0.05) is 12.8 Å². The molecule has 0 aliphatic carbocycles. The zero-order chi connectivity index (χ0) is 23.0. The molecule has 12 nitrogen and oxygen atoms in total. The first-order valence-electron chi connectivity index (χ1n) is 9.33. The van der Waals surface area contributed by atoms with Crippen molar-refractivity contribution in [3.63, 3.8) is 0 Å². The second kappa shape index (κ2) is 8.80. The zero-order valence-corrected chi connectivity index (χ0v) is 18.2. The topological polar surface area (TPSA) is 168 Å². The molecule has 0 saturated carbocycles. The fourth-order valence-electron chi connectivity index (χ4n) is 3.45. The number of carbonyl (C=O) groups excluding carboxylic acids is 2. The summed E-state index contributed by atoms with van der Waals surface area (Å²) >= 11 is 1.24. The van der Waals surface area contributed by atoms with Crippen LogP contribution < -0.4 is 5.32 Å². The molecule has 1 aromatic carbocycles. The van der Waals surface area contributed by atoms with Crippen LogP contribution in [0.15, 0.2) is 46.8 Å². The SMILES string of the molecule is Cn1nnnc1S(=O)CC1=C(C(=O)O)N2C(=O)[C@@H](NC(=O)[C@H](O)c3ccccc3)[C@H]2SC1. The number of aliphatic carboxylic acids is 1. The van der Waals surface area contributed by atoms with Gasteiger partial charge in [-0.2, -0.15) is 0 Å². The monoisotopic (exact) mass is 478 g/mol. The van der Waals surface area contributed by atoms with Crippen molar-refractivity contribution < 1.29 is 28.8 Å². The third kappa shape index (κ3) is 3.91. The minimum absolute atomic E-state index is 0.0873. The number of tetrazole rings is 1. The highest BCUT2D eigenvalue weighted by Crippen LogP contribution is 2.40. The maximum atomic E-state index is 12.7. The van der Waals surface area contributed by atoms with Gasteiger partial charge in [-0.1, -0.05) is 35.4 Å². The molecule has 0 radical (unpaired) electrons. The molecule has 0 spiro atoms. The number of β-lactam (4-membered cyclic amide) rings is 1. The predicted octanol–water partition coefficient (Wildman–Crippen LogP) is -1.21. The summed E-state index contributed by atoms with van der Waals surface area (Å²) in [7, 11) is -0.190. The van der Waals surface area contributed by atoms with Crippen molar-refractivity contribution in [2.75, 3.05) is 11.5 Å². The lowest BCUT2D eigenvalue weighted by Gasteiger charge is -2.49. The molecule has 14 heteroatoms. The molecule has 0 bridgehead atoms. The summed E-state index contributed by atoms with van der Waals surface area (Å²) in [4.78, 5) is 38.2. The van der Waals surface area contributed by atoms with E-state index in [2.05, 4.69) is 20.8 Å². The highest BCUT2D eigenvalue weighted by Gasteiger charge is 2.54. The van der Waals surface area contributed by atoms with Crippen molar-refractivity contribution in [1.29, 1.82) is 0 Å². The number of hydrogen-bond donors (Lipinski definition) is 3. The first kappa shape index (κ1) is 22.1. The molecule has 3 heterocycles. The van der Waals surface area contributed by atoms with Gasteiger partial charge in [0.05, 0.1) is 16.6 Å². The lowest BCUT2D eigenvalue weighted by molar-refractivity contribution is -0.151. The van der Waals surface area contributed by atoms with Crippen molar-refractivity contribution in [3.8, 4) is 0 Å². The number of carbonyl (C=O) groups is 3. The lowest BCUT2D eigenvalue weighted by Crippen LogP contribution is -2.71. The highest BCUT2D eigenvalue weighted by molar-refractivity contribution is 8.00. The number of nitrogens with zero attached hydrogens (tertiary/aromatic N) is 5. The van der Waals surface area contributed by atoms with E-state index in [1.165, 1.54) is 23.5 Å². The Morgan fingerprint density at radius 2 is 2.06 bits per heavy atom. The predicted molar refractivity (Wildman–Crippen MR) is 111 cm³/mol. The maximum absolute atomic E-state index is 12.7. The van der Waals surface area contributed by atoms with E-state index >= 15 is 0 Å². The molecule has 1 saturated heterocycles. The van der Waals surface area contributed by atoms with Gasteiger partial charge in [0.25, 0.3) is 11.8 Å². The molecule has 2 aromatic rings. The van der Waals surface area contributed by atoms with Crippen molar-refractivity contribution in [2.24, 2.45) is 7.05 Å². The van der Waals surface area contributed by atoms with Crippen LogP contribution in [0, 0.1) is 0 Å². The zero-order valence-electron chi connectivity index (χ0n) is 16.6. The second-order valence-corrected chi connectivity index (χ2v) is 9.49. The highest BCUT2D eigenvalue weighted by atomic mass is 32.2. The number of aliphatic hydroxyl groups is 1. The normalized spacial score (nSPS) is 22.1. The van der Waals surface area contributed by atoms with Crippen LogP contribution in [-0.2, 0) is 32.2 Å². The average Bonchev–Trinajstić information content (AvgIpc) is 3.22. The third-order valence-corrected chi connectivity index (χ3v) is 7.70. The Hall–Kier alpha value is -3.10. The Morgan fingerprint density at radius 1 is 1.34 bits per heavy atom. The molecule has 2 aliphatic heterocycles. The first-order valence-corrected chi connectivity index (χ1v) is 11.7. The Balaban J connectivity index is 1.50. The molecule has 168 valence electrons. The number of fused-ring (bicyclic) bond motifs is 1. The molecule has 1 unspecified atom stereocenters. The van der Waals surface area contributed by atoms with Crippen LogP contribution in [0.4, 0.5) is 0 Å². The van der Waals surface area contributed by atoms with Crippen LogP contribution in [0.25, 0.3) is 0 Å². The van der Waals surface area contributed by atoms with E-state index in [4.69, 9.17) is 0 Å². The number of benzene rings is 1. The summed E-state index contributed by atoms with van der Waals surface area (Å²) in [6.45, 7) is 0. The van der Waals surface area contributed by atoms with Crippen LogP contribution in [0.3, 0.4) is 0 Å². The van der Waals surface area contributed by atoms with Crippen LogP contribution in [-0.4, -0.2) is 80.2 Å². The Morgan fingerprint density at radius 3 is 2.69 bits per heavy atom. The molecular formula is C18H18N6O6S2. The lowest BCUT2D eigenvalue weighted by atomic mass is 10.0.